The molecule has 0 heterocycles. The molecular weight excluding hydrogens is 389 g/mol. The Hall–Kier alpha value is -3.07. The van der Waals surface area contributed by atoms with Gasteiger partial charge in [-0.05, 0) is 31.2 Å². The highest BCUT2D eigenvalue weighted by atomic mass is 19.4. The van der Waals surface area contributed by atoms with E-state index in [1.54, 1.807) is 30.3 Å². The first-order valence-electron chi connectivity index (χ1n) is 8.63. The van der Waals surface area contributed by atoms with Crippen LogP contribution in [-0.2, 0) is 20.5 Å². The third kappa shape index (κ3) is 6.21. The van der Waals surface area contributed by atoms with E-state index in [0.717, 1.165) is 12.1 Å². The molecule has 1 unspecified atom stereocenters. The lowest BCUT2D eigenvalue weighted by atomic mass is 10.0. The van der Waals surface area contributed by atoms with Crippen molar-refractivity contribution in [1.82, 2.24) is 5.32 Å². The van der Waals surface area contributed by atoms with Crippen LogP contribution >= 0.6 is 0 Å². The highest BCUT2D eigenvalue weighted by molar-refractivity contribution is 5.93. The zero-order valence-corrected chi connectivity index (χ0v) is 15.9. The molecule has 2 aromatic carbocycles. The Balaban J connectivity index is 2.04. The minimum absolute atomic E-state index is 0.157. The Bertz CT molecular complexity index is 843. The molecule has 9 heteroatoms. The maximum absolute atomic E-state index is 13.0. The minimum Gasteiger partial charge on any atom is -0.491 e. The SMILES string of the molecule is COC(=O)C(C)(COc1ccccc1)NCC(=O)Nc1ccccc1C(F)(F)F. The van der Waals surface area contributed by atoms with Gasteiger partial charge in [-0.25, -0.2) is 4.79 Å². The van der Waals surface area contributed by atoms with Gasteiger partial charge in [0.2, 0.25) is 5.91 Å². The van der Waals surface area contributed by atoms with E-state index in [0.29, 0.717) is 5.75 Å². The smallest absolute Gasteiger partial charge is 0.418 e. The summed E-state index contributed by atoms with van der Waals surface area (Å²) in [6.07, 6.45) is -4.61. The van der Waals surface area contributed by atoms with Crippen LogP contribution < -0.4 is 15.4 Å². The number of alkyl halides is 3. The van der Waals surface area contributed by atoms with Crippen LogP contribution in [0.25, 0.3) is 0 Å². The normalized spacial score (nSPS) is 13.3. The van der Waals surface area contributed by atoms with Crippen LogP contribution in [0.5, 0.6) is 5.75 Å². The summed E-state index contributed by atoms with van der Waals surface area (Å²) in [6, 6.07) is 13.3. The lowest BCUT2D eigenvalue weighted by Gasteiger charge is -2.27. The van der Waals surface area contributed by atoms with Crippen molar-refractivity contribution in [2.24, 2.45) is 0 Å². The van der Waals surface area contributed by atoms with Gasteiger partial charge in [-0.2, -0.15) is 13.2 Å². The number of para-hydroxylation sites is 2. The van der Waals surface area contributed by atoms with E-state index in [4.69, 9.17) is 9.47 Å². The molecule has 0 aromatic heterocycles. The van der Waals surface area contributed by atoms with E-state index in [1.165, 1.54) is 26.2 Å². The Kier molecular flexibility index (Phi) is 7.22. The van der Waals surface area contributed by atoms with Gasteiger partial charge in [0, 0.05) is 0 Å². The van der Waals surface area contributed by atoms with E-state index >= 15 is 0 Å². The number of esters is 1. The second-order valence-electron chi connectivity index (χ2n) is 6.37. The number of carbonyl (C=O) groups excluding carboxylic acids is 2. The molecular formula is C20H21F3N2O4. The molecule has 0 aliphatic rings. The lowest BCUT2D eigenvalue weighted by molar-refractivity contribution is -0.149. The Labute approximate surface area is 166 Å². The molecule has 1 atom stereocenters. The van der Waals surface area contributed by atoms with Gasteiger partial charge in [0.1, 0.15) is 17.9 Å². The van der Waals surface area contributed by atoms with Gasteiger partial charge in [0.25, 0.3) is 0 Å². The van der Waals surface area contributed by atoms with Gasteiger partial charge in [-0.15, -0.1) is 0 Å². The number of hydrogen-bond acceptors (Lipinski definition) is 5. The van der Waals surface area contributed by atoms with E-state index in [2.05, 4.69) is 10.6 Å². The van der Waals surface area contributed by atoms with Crippen molar-refractivity contribution in [2.75, 3.05) is 25.6 Å². The van der Waals surface area contributed by atoms with Crippen molar-refractivity contribution in [3.8, 4) is 5.75 Å². The van der Waals surface area contributed by atoms with Gasteiger partial charge in [-0.3, -0.25) is 10.1 Å². The Morgan fingerprint density at radius 3 is 2.24 bits per heavy atom. The van der Waals surface area contributed by atoms with Gasteiger partial charge >= 0.3 is 12.1 Å². The molecule has 1 amide bonds. The molecule has 2 aromatic rings. The number of nitrogens with one attached hydrogen (secondary N) is 2. The molecule has 0 saturated heterocycles. The quantitative estimate of drug-likeness (QED) is 0.654. The predicted octanol–water partition coefficient (Wildman–Crippen LogP) is 3.24. The molecule has 2 rings (SSSR count). The number of halogens is 3. The van der Waals surface area contributed by atoms with Crippen molar-refractivity contribution in [2.45, 2.75) is 18.6 Å². The fourth-order valence-electron chi connectivity index (χ4n) is 2.46. The van der Waals surface area contributed by atoms with Crippen LogP contribution in [-0.4, -0.2) is 37.7 Å². The Morgan fingerprint density at radius 2 is 1.62 bits per heavy atom. The van der Waals surface area contributed by atoms with Gasteiger partial charge in [0.15, 0.2) is 0 Å². The van der Waals surface area contributed by atoms with Crippen LogP contribution in [0, 0.1) is 0 Å². The van der Waals surface area contributed by atoms with Crippen molar-refractivity contribution in [3.05, 3.63) is 60.2 Å². The van der Waals surface area contributed by atoms with E-state index in [9.17, 15) is 22.8 Å². The maximum Gasteiger partial charge on any atom is 0.418 e. The molecule has 0 saturated carbocycles. The van der Waals surface area contributed by atoms with Crippen molar-refractivity contribution >= 4 is 17.6 Å². The molecule has 6 nitrogen and oxygen atoms in total. The average Bonchev–Trinajstić information content (AvgIpc) is 2.70. The number of methoxy groups -OCH3 is 1. The summed E-state index contributed by atoms with van der Waals surface area (Å²) in [5.74, 6) is -0.929. The number of hydrogen-bond donors (Lipinski definition) is 2. The third-order valence-corrected chi connectivity index (χ3v) is 4.05. The zero-order valence-electron chi connectivity index (χ0n) is 15.9. The summed E-state index contributed by atoms with van der Waals surface area (Å²) in [4.78, 5) is 24.4. The monoisotopic (exact) mass is 410 g/mol. The van der Waals surface area contributed by atoms with E-state index in [-0.39, 0.29) is 12.3 Å². The van der Waals surface area contributed by atoms with Crippen molar-refractivity contribution in [1.29, 1.82) is 0 Å². The molecule has 0 radical (unpaired) electrons. The molecule has 156 valence electrons. The molecule has 0 aliphatic heterocycles. The van der Waals surface area contributed by atoms with Crippen molar-refractivity contribution < 1.29 is 32.2 Å². The molecule has 0 spiro atoms. The average molecular weight is 410 g/mol. The molecule has 0 aliphatic carbocycles. The topological polar surface area (TPSA) is 76.7 Å². The third-order valence-electron chi connectivity index (χ3n) is 4.05. The van der Waals surface area contributed by atoms with Gasteiger partial charge in [-0.1, -0.05) is 30.3 Å². The van der Waals surface area contributed by atoms with Crippen LogP contribution in [0.2, 0.25) is 0 Å². The number of benzene rings is 2. The van der Waals surface area contributed by atoms with E-state index < -0.39 is 35.7 Å². The van der Waals surface area contributed by atoms with Crippen molar-refractivity contribution in [3.63, 3.8) is 0 Å². The van der Waals surface area contributed by atoms with Gasteiger partial charge < -0.3 is 14.8 Å². The summed E-state index contributed by atoms with van der Waals surface area (Å²) in [6.45, 7) is 0.880. The predicted molar refractivity (Wildman–Crippen MR) is 100 cm³/mol. The molecule has 2 N–H and O–H groups in total. The summed E-state index contributed by atoms with van der Waals surface area (Å²) >= 11 is 0. The summed E-state index contributed by atoms with van der Waals surface area (Å²) in [7, 11) is 1.18. The van der Waals surface area contributed by atoms with Crippen LogP contribution in [0.4, 0.5) is 18.9 Å². The highest BCUT2D eigenvalue weighted by Crippen LogP contribution is 2.34. The van der Waals surface area contributed by atoms with Crippen LogP contribution in [0.15, 0.2) is 54.6 Å². The number of ether oxygens (including phenoxy) is 2. The number of anilines is 1. The fourth-order valence-corrected chi connectivity index (χ4v) is 2.46. The Morgan fingerprint density at radius 1 is 1.00 bits per heavy atom. The maximum atomic E-state index is 13.0. The van der Waals surface area contributed by atoms with Gasteiger partial charge in [0.05, 0.1) is 24.9 Å². The summed E-state index contributed by atoms with van der Waals surface area (Å²) < 4.78 is 49.4. The van der Waals surface area contributed by atoms with Crippen LogP contribution in [0.3, 0.4) is 0 Å². The summed E-state index contributed by atoms with van der Waals surface area (Å²) in [5, 5.41) is 4.91. The fraction of sp³-hybridized carbons (Fsp3) is 0.300. The molecule has 0 bridgehead atoms. The first-order chi connectivity index (χ1) is 13.7. The standard InChI is InChI=1S/C20H21F3N2O4/c1-19(18(27)28-2,13-29-14-8-4-3-5-9-14)24-12-17(26)25-16-11-7-6-10-15(16)20(21,22)23/h3-11,24H,12-13H2,1-2H3,(H,25,26). The second-order valence-corrected chi connectivity index (χ2v) is 6.37. The zero-order chi connectivity index (χ0) is 21.5. The number of carbonyl (C=O) groups is 2. The largest absolute Gasteiger partial charge is 0.491 e. The minimum atomic E-state index is -4.61. The second kappa shape index (κ2) is 9.42. The highest BCUT2D eigenvalue weighted by Gasteiger charge is 2.36. The summed E-state index contributed by atoms with van der Waals surface area (Å²) in [5.41, 5.74) is -2.73. The van der Waals surface area contributed by atoms with Crippen LogP contribution in [0.1, 0.15) is 12.5 Å². The first-order valence-corrected chi connectivity index (χ1v) is 8.63. The lowest BCUT2D eigenvalue weighted by Crippen LogP contribution is -2.56. The van der Waals surface area contributed by atoms with E-state index in [1.807, 2.05) is 0 Å². The number of rotatable bonds is 8. The number of amides is 1. The first kappa shape index (κ1) is 22.2. The molecule has 0 fully saturated rings. The molecule has 29 heavy (non-hydrogen) atoms.